The summed E-state index contributed by atoms with van der Waals surface area (Å²) in [6.07, 6.45) is 0. The molecule has 0 aliphatic heterocycles. The molecule has 0 N–H and O–H groups in total. The van der Waals surface area contributed by atoms with Gasteiger partial charge in [0.15, 0.2) is 9.84 Å². The first-order valence-electron chi connectivity index (χ1n) is 4.54. The normalized spacial score (nSPS) is 15.5. The molecule has 0 heterocycles. The molecule has 0 rings (SSSR count). The number of ether oxygens (including phenoxy) is 1. The zero-order chi connectivity index (χ0) is 11.4. The molecule has 0 saturated heterocycles. The average molecular weight is 223 g/mol. The Balaban J connectivity index is 4.68. The van der Waals surface area contributed by atoms with Crippen LogP contribution in [-0.4, -0.2) is 39.7 Å². The molecule has 0 aromatic rings. The topological polar surface area (TPSA) is 63.3 Å². The molecule has 14 heavy (non-hydrogen) atoms. The van der Waals surface area contributed by atoms with Crippen LogP contribution in [0.1, 0.15) is 20.8 Å². The van der Waals surface area contributed by atoms with Crippen molar-refractivity contribution in [3.8, 4) is 0 Å². The smallest absolute Gasteiger partial charge is 0.158 e. The van der Waals surface area contributed by atoms with Crippen LogP contribution in [0.25, 0.3) is 0 Å². The van der Waals surface area contributed by atoms with Gasteiger partial charge in [0.1, 0.15) is 0 Å². The first kappa shape index (κ1) is 13.9. The molecule has 5 heteroatoms. The molecule has 1 radical (unpaired) electrons. The van der Waals surface area contributed by atoms with Crippen molar-refractivity contribution >= 4 is 9.84 Å². The molecule has 1 atom stereocenters. The zero-order valence-corrected chi connectivity index (χ0v) is 10.1. The van der Waals surface area contributed by atoms with Gasteiger partial charge >= 0.3 is 0 Å². The minimum absolute atomic E-state index is 0.0757. The number of rotatable bonds is 5. The Labute approximate surface area is 86.2 Å². The van der Waals surface area contributed by atoms with Crippen molar-refractivity contribution in [1.29, 1.82) is 0 Å². The maximum Gasteiger partial charge on any atom is 0.158 e. The van der Waals surface area contributed by atoms with Crippen molar-refractivity contribution in [3.05, 3.63) is 0 Å². The van der Waals surface area contributed by atoms with E-state index in [2.05, 4.69) is 0 Å². The second-order valence-electron chi connectivity index (χ2n) is 4.38. The Morgan fingerprint density at radius 1 is 1.29 bits per heavy atom. The van der Waals surface area contributed by atoms with E-state index in [1.54, 1.807) is 20.8 Å². The highest BCUT2D eigenvalue weighted by Crippen LogP contribution is 2.25. The van der Waals surface area contributed by atoms with Gasteiger partial charge in [-0.3, -0.25) is 0 Å². The minimum atomic E-state index is -3.33. The minimum Gasteiger partial charge on any atom is -0.384 e. The van der Waals surface area contributed by atoms with Gasteiger partial charge in [-0.05, 0) is 5.41 Å². The number of sulfone groups is 1. The van der Waals surface area contributed by atoms with E-state index in [1.165, 1.54) is 7.11 Å². The molecule has 0 amide bonds. The highest BCUT2D eigenvalue weighted by atomic mass is 32.2. The van der Waals surface area contributed by atoms with Gasteiger partial charge in [0.25, 0.3) is 0 Å². The van der Waals surface area contributed by atoms with E-state index < -0.39 is 27.1 Å². The second kappa shape index (κ2) is 5.09. The number of hydrogen-bond donors (Lipinski definition) is 0. The second-order valence-corrected chi connectivity index (χ2v) is 6.68. The van der Waals surface area contributed by atoms with Crippen LogP contribution in [0.4, 0.5) is 0 Å². The lowest BCUT2D eigenvalue weighted by atomic mass is 9.92. The molecular formula is C9H19O4S. The average Bonchev–Trinajstić information content (AvgIpc) is 1.98. The van der Waals surface area contributed by atoms with E-state index in [4.69, 9.17) is 4.74 Å². The molecule has 0 spiro atoms. The monoisotopic (exact) mass is 223 g/mol. The van der Waals surface area contributed by atoms with Crippen molar-refractivity contribution in [1.82, 2.24) is 0 Å². The van der Waals surface area contributed by atoms with Crippen LogP contribution in [0.5, 0.6) is 0 Å². The van der Waals surface area contributed by atoms with Crippen LogP contribution in [0.15, 0.2) is 0 Å². The van der Waals surface area contributed by atoms with Gasteiger partial charge in [-0.1, -0.05) is 20.8 Å². The maximum absolute atomic E-state index is 11.7. The summed E-state index contributed by atoms with van der Waals surface area (Å²) in [4.78, 5) is 0. The Bertz CT molecular complexity index is 250. The van der Waals surface area contributed by atoms with E-state index in [-0.39, 0.29) is 12.4 Å². The lowest BCUT2D eigenvalue weighted by Crippen LogP contribution is -2.39. The van der Waals surface area contributed by atoms with E-state index in [0.29, 0.717) is 0 Å². The van der Waals surface area contributed by atoms with Gasteiger partial charge in [-0.15, -0.1) is 0 Å². The van der Waals surface area contributed by atoms with Crippen LogP contribution in [-0.2, 0) is 19.7 Å². The number of hydrogen-bond acceptors (Lipinski definition) is 3. The molecule has 4 nitrogen and oxygen atoms in total. The predicted octanol–water partition coefficient (Wildman–Crippen LogP) is 0.893. The Morgan fingerprint density at radius 3 is 2.07 bits per heavy atom. The molecule has 0 aromatic carbocycles. The highest BCUT2D eigenvalue weighted by Gasteiger charge is 2.35. The Kier molecular flexibility index (Phi) is 5.05. The van der Waals surface area contributed by atoms with Gasteiger partial charge in [-0.25, -0.2) is 13.5 Å². The largest absolute Gasteiger partial charge is 0.384 e. The fraction of sp³-hybridized carbons (Fsp3) is 1.00. The standard InChI is InChI=1S/C9H19O4S/c1-9(2,3)8(7-10)14(11,12)6-5-13-4/h8H,5-7H2,1-4H3. The Morgan fingerprint density at radius 2 is 1.79 bits per heavy atom. The van der Waals surface area contributed by atoms with Crippen LogP contribution < -0.4 is 0 Å². The summed E-state index contributed by atoms with van der Waals surface area (Å²) >= 11 is 0. The van der Waals surface area contributed by atoms with Crippen LogP contribution in [0, 0.1) is 5.41 Å². The summed E-state index contributed by atoms with van der Waals surface area (Å²) in [5.74, 6) is -0.0757. The quantitative estimate of drug-likeness (QED) is 0.695. The lowest BCUT2D eigenvalue weighted by Gasteiger charge is -2.27. The van der Waals surface area contributed by atoms with Gasteiger partial charge in [0, 0.05) is 7.11 Å². The molecule has 0 saturated carbocycles. The van der Waals surface area contributed by atoms with Crippen molar-refractivity contribution in [2.45, 2.75) is 26.0 Å². The van der Waals surface area contributed by atoms with Crippen LogP contribution in [0.3, 0.4) is 0 Å². The fourth-order valence-electron chi connectivity index (χ4n) is 1.23. The molecule has 0 aliphatic rings. The molecule has 0 bridgehead atoms. The maximum atomic E-state index is 11.7. The summed E-state index contributed by atoms with van der Waals surface area (Å²) in [6.45, 7) is 4.85. The van der Waals surface area contributed by atoms with Crippen molar-refractivity contribution in [3.63, 3.8) is 0 Å². The summed E-state index contributed by atoms with van der Waals surface area (Å²) in [5, 5.41) is 10.0. The lowest BCUT2D eigenvalue weighted by molar-refractivity contribution is 0.154. The SMILES string of the molecule is COCCS(=O)(=O)C(C[O])C(C)(C)C. The Hall–Kier alpha value is -0.130. The third-order valence-electron chi connectivity index (χ3n) is 2.12. The molecule has 1 unspecified atom stereocenters. The van der Waals surface area contributed by atoms with Crippen molar-refractivity contribution in [2.24, 2.45) is 5.41 Å². The van der Waals surface area contributed by atoms with Gasteiger partial charge < -0.3 is 4.74 Å². The van der Waals surface area contributed by atoms with E-state index >= 15 is 0 Å². The molecule has 0 fully saturated rings. The van der Waals surface area contributed by atoms with E-state index in [0.717, 1.165) is 0 Å². The fourth-order valence-corrected chi connectivity index (χ4v) is 3.20. The van der Waals surface area contributed by atoms with Gasteiger partial charge in [-0.2, -0.15) is 0 Å². The van der Waals surface area contributed by atoms with Crippen LogP contribution >= 0.6 is 0 Å². The number of methoxy groups -OCH3 is 1. The van der Waals surface area contributed by atoms with Gasteiger partial charge in [0.2, 0.25) is 0 Å². The van der Waals surface area contributed by atoms with Crippen molar-refractivity contribution < 1.29 is 18.3 Å². The predicted molar refractivity (Wildman–Crippen MR) is 54.5 cm³/mol. The third kappa shape index (κ3) is 3.94. The van der Waals surface area contributed by atoms with Gasteiger partial charge in [0.05, 0.1) is 24.2 Å². The molecule has 0 aliphatic carbocycles. The van der Waals surface area contributed by atoms with E-state index in [1.807, 2.05) is 0 Å². The summed E-state index contributed by atoms with van der Waals surface area (Å²) in [5.41, 5.74) is -0.506. The third-order valence-corrected chi connectivity index (χ3v) is 4.57. The zero-order valence-electron chi connectivity index (χ0n) is 9.24. The van der Waals surface area contributed by atoms with Crippen LogP contribution in [0.2, 0.25) is 0 Å². The summed E-state index contributed by atoms with van der Waals surface area (Å²) < 4.78 is 28.1. The molecule has 85 valence electrons. The molecular weight excluding hydrogens is 204 g/mol. The van der Waals surface area contributed by atoms with Crippen molar-refractivity contribution in [2.75, 3.05) is 26.1 Å². The summed E-state index contributed by atoms with van der Waals surface area (Å²) in [7, 11) is -1.89. The highest BCUT2D eigenvalue weighted by molar-refractivity contribution is 7.92. The first-order valence-corrected chi connectivity index (χ1v) is 6.26. The van der Waals surface area contributed by atoms with E-state index in [9.17, 15) is 13.5 Å². The molecule has 0 aromatic heterocycles. The first-order chi connectivity index (χ1) is 6.25. The summed E-state index contributed by atoms with van der Waals surface area (Å²) in [6, 6.07) is 0.